The molecule has 2 aliphatic carbocycles. The first-order chi connectivity index (χ1) is 15.8. The minimum atomic E-state index is -1.57. The van der Waals surface area contributed by atoms with Gasteiger partial charge in [0, 0.05) is 23.3 Å². The van der Waals surface area contributed by atoms with Crippen molar-refractivity contribution in [2.24, 2.45) is 16.7 Å². The van der Waals surface area contributed by atoms with Crippen molar-refractivity contribution in [2.75, 3.05) is 6.61 Å². The summed E-state index contributed by atoms with van der Waals surface area (Å²) in [5, 5.41) is 34.2. The molecule has 3 N–H and O–H groups in total. The third kappa shape index (κ3) is 3.70. The number of carbonyl (C=O) groups is 2. The van der Waals surface area contributed by atoms with Crippen LogP contribution in [0.5, 0.6) is 0 Å². The van der Waals surface area contributed by atoms with E-state index in [1.54, 1.807) is 50.3 Å². The van der Waals surface area contributed by atoms with Gasteiger partial charge in [-0.25, -0.2) is 9.59 Å². The summed E-state index contributed by atoms with van der Waals surface area (Å²) in [5.41, 5.74) is -3.72. The Labute approximate surface area is 200 Å². The van der Waals surface area contributed by atoms with Crippen LogP contribution in [0.25, 0.3) is 0 Å². The van der Waals surface area contributed by atoms with E-state index >= 15 is 0 Å². The highest BCUT2D eigenvalue weighted by Crippen LogP contribution is 2.65. The molecule has 0 spiro atoms. The fourth-order valence-electron chi connectivity index (χ4n) is 6.26. The van der Waals surface area contributed by atoms with E-state index in [-0.39, 0.29) is 18.9 Å². The Morgan fingerprint density at radius 3 is 2.41 bits per heavy atom. The minimum absolute atomic E-state index is 0.0662. The molecule has 0 saturated heterocycles. The number of aliphatic hydroxyl groups excluding tert-OH is 1. The molecule has 2 saturated carbocycles. The third-order valence-corrected chi connectivity index (χ3v) is 8.91. The van der Waals surface area contributed by atoms with Crippen molar-refractivity contribution in [1.29, 1.82) is 0 Å². The van der Waals surface area contributed by atoms with Gasteiger partial charge in [-0.05, 0) is 50.3 Å². The lowest BCUT2D eigenvalue weighted by molar-refractivity contribution is -0.288. The summed E-state index contributed by atoms with van der Waals surface area (Å²) in [7, 11) is 0. The molecule has 1 aromatic carbocycles. The quantitative estimate of drug-likeness (QED) is 0.580. The molecule has 1 aromatic rings. The van der Waals surface area contributed by atoms with Gasteiger partial charge in [0.1, 0.15) is 12.7 Å². The molecule has 7 atom stereocenters. The smallest absolute Gasteiger partial charge is 0.338 e. The van der Waals surface area contributed by atoms with Gasteiger partial charge in [0.25, 0.3) is 0 Å². The Morgan fingerprint density at radius 2 is 1.79 bits per heavy atom. The number of hydrogen-bond donors (Lipinski definition) is 3. The van der Waals surface area contributed by atoms with Gasteiger partial charge in [0.15, 0.2) is 0 Å². The molecular weight excluding hydrogens is 436 g/mol. The van der Waals surface area contributed by atoms with Gasteiger partial charge < -0.3 is 24.8 Å². The second-order valence-corrected chi connectivity index (χ2v) is 10.8. The molecule has 0 aromatic heterocycles. The topological polar surface area (TPSA) is 113 Å². The number of rotatable bonds is 4. The Morgan fingerprint density at radius 1 is 1.12 bits per heavy atom. The maximum Gasteiger partial charge on any atom is 0.338 e. The number of carbonyl (C=O) groups excluding carboxylic acids is 2. The summed E-state index contributed by atoms with van der Waals surface area (Å²) in [5.74, 6) is -1.28. The molecule has 0 radical (unpaired) electrons. The standard InChI is InChI=1S/C27H34O7/c1-24(13-12-17-14-22(29)33-16-17)19-10-11-20(28)27(4,32)26(19,3)21(15-25(24,2)31)34-23(30)18-8-6-5-7-9-18/h5-9,12-14,19-21,28,31-32H,10-11,15-16H2,1-4H3. The van der Waals surface area contributed by atoms with Crippen molar-refractivity contribution in [2.45, 2.75) is 70.4 Å². The molecule has 34 heavy (non-hydrogen) atoms. The first kappa shape index (κ1) is 24.6. The lowest BCUT2D eigenvalue weighted by atomic mass is 9.41. The molecule has 7 heteroatoms. The SMILES string of the molecule is CC1(O)CC(OC(=O)c2ccccc2)C2(C)C(CCC(O)C2(C)O)C1(C)C=CC1=CC(=O)OC1. The highest BCUT2D eigenvalue weighted by Gasteiger charge is 2.70. The van der Waals surface area contributed by atoms with Crippen LogP contribution in [-0.2, 0) is 14.3 Å². The molecule has 4 rings (SSSR count). The maximum absolute atomic E-state index is 13.0. The van der Waals surface area contributed by atoms with E-state index in [0.717, 1.165) is 0 Å². The van der Waals surface area contributed by atoms with Gasteiger partial charge in [-0.15, -0.1) is 0 Å². The van der Waals surface area contributed by atoms with Crippen LogP contribution in [0, 0.1) is 16.7 Å². The van der Waals surface area contributed by atoms with Gasteiger partial charge in [0.2, 0.25) is 0 Å². The molecule has 7 unspecified atom stereocenters. The Hall–Kier alpha value is -2.48. The van der Waals surface area contributed by atoms with Crippen LogP contribution in [0.4, 0.5) is 0 Å². The fraction of sp³-hybridized carbons (Fsp3) is 0.556. The third-order valence-electron chi connectivity index (χ3n) is 8.91. The van der Waals surface area contributed by atoms with Crippen LogP contribution in [0.1, 0.15) is 57.3 Å². The van der Waals surface area contributed by atoms with Crippen molar-refractivity contribution in [1.82, 2.24) is 0 Å². The van der Waals surface area contributed by atoms with E-state index < -0.39 is 46.2 Å². The summed E-state index contributed by atoms with van der Waals surface area (Å²) in [6.07, 6.45) is 4.16. The number of benzene rings is 1. The zero-order valence-corrected chi connectivity index (χ0v) is 20.2. The summed E-state index contributed by atoms with van der Waals surface area (Å²) in [4.78, 5) is 24.5. The molecule has 1 aliphatic heterocycles. The largest absolute Gasteiger partial charge is 0.458 e. The van der Waals surface area contributed by atoms with E-state index in [9.17, 15) is 24.9 Å². The fourth-order valence-corrected chi connectivity index (χ4v) is 6.26. The summed E-state index contributed by atoms with van der Waals surface area (Å²) in [6, 6.07) is 8.60. The average molecular weight is 471 g/mol. The molecule has 2 fully saturated rings. The predicted molar refractivity (Wildman–Crippen MR) is 125 cm³/mol. The maximum atomic E-state index is 13.0. The van der Waals surface area contributed by atoms with Crippen molar-refractivity contribution in [3.05, 3.63) is 59.7 Å². The highest BCUT2D eigenvalue weighted by atomic mass is 16.5. The van der Waals surface area contributed by atoms with Crippen LogP contribution in [-0.4, -0.2) is 57.3 Å². The molecule has 7 nitrogen and oxygen atoms in total. The van der Waals surface area contributed by atoms with Gasteiger partial charge >= 0.3 is 11.9 Å². The van der Waals surface area contributed by atoms with Gasteiger partial charge in [-0.1, -0.05) is 44.2 Å². The molecule has 0 amide bonds. The van der Waals surface area contributed by atoms with Gasteiger partial charge in [-0.2, -0.15) is 0 Å². The van der Waals surface area contributed by atoms with Crippen molar-refractivity contribution < 1.29 is 34.4 Å². The van der Waals surface area contributed by atoms with Crippen LogP contribution in [0.2, 0.25) is 0 Å². The number of fused-ring (bicyclic) bond motifs is 1. The first-order valence-electron chi connectivity index (χ1n) is 11.8. The molecular formula is C27H34O7. The second-order valence-electron chi connectivity index (χ2n) is 10.8. The summed E-state index contributed by atoms with van der Waals surface area (Å²) < 4.78 is 11.0. The Bertz CT molecular complexity index is 1020. The lowest BCUT2D eigenvalue weighted by Gasteiger charge is -2.67. The first-order valence-corrected chi connectivity index (χ1v) is 11.8. The monoisotopic (exact) mass is 470 g/mol. The molecule has 1 heterocycles. The van der Waals surface area contributed by atoms with E-state index in [1.807, 2.05) is 19.9 Å². The van der Waals surface area contributed by atoms with E-state index in [2.05, 4.69) is 0 Å². The minimum Gasteiger partial charge on any atom is -0.458 e. The Kier molecular flexibility index (Phi) is 6.03. The van der Waals surface area contributed by atoms with Gasteiger partial charge in [0.05, 0.1) is 22.9 Å². The molecule has 184 valence electrons. The van der Waals surface area contributed by atoms with E-state index in [4.69, 9.17) is 9.47 Å². The molecule has 3 aliphatic rings. The zero-order valence-electron chi connectivity index (χ0n) is 20.2. The summed E-state index contributed by atoms with van der Waals surface area (Å²) in [6.45, 7) is 7.23. The number of hydrogen-bond acceptors (Lipinski definition) is 7. The number of cyclic esters (lactones) is 1. The summed E-state index contributed by atoms with van der Waals surface area (Å²) >= 11 is 0. The Balaban J connectivity index is 1.76. The van der Waals surface area contributed by atoms with Crippen molar-refractivity contribution in [3.63, 3.8) is 0 Å². The van der Waals surface area contributed by atoms with E-state index in [0.29, 0.717) is 24.0 Å². The normalized spacial score (nSPS) is 42.1. The predicted octanol–water partition coefficient (Wildman–Crippen LogP) is 2.94. The number of ether oxygens (including phenoxy) is 2. The van der Waals surface area contributed by atoms with Crippen molar-refractivity contribution in [3.8, 4) is 0 Å². The lowest BCUT2D eigenvalue weighted by Crippen LogP contribution is -2.73. The van der Waals surface area contributed by atoms with Gasteiger partial charge in [-0.3, -0.25) is 0 Å². The van der Waals surface area contributed by atoms with Crippen LogP contribution in [0.3, 0.4) is 0 Å². The average Bonchev–Trinajstić information content (AvgIpc) is 3.20. The van der Waals surface area contributed by atoms with E-state index in [1.165, 1.54) is 6.08 Å². The number of aliphatic hydroxyl groups is 3. The van der Waals surface area contributed by atoms with Crippen LogP contribution < -0.4 is 0 Å². The number of esters is 2. The van der Waals surface area contributed by atoms with Crippen molar-refractivity contribution >= 4 is 11.9 Å². The molecule has 0 bridgehead atoms. The van der Waals surface area contributed by atoms with Crippen LogP contribution >= 0.6 is 0 Å². The van der Waals surface area contributed by atoms with Crippen LogP contribution in [0.15, 0.2) is 54.1 Å². The second kappa shape index (κ2) is 8.33. The zero-order chi connectivity index (χ0) is 24.9. The highest BCUT2D eigenvalue weighted by molar-refractivity contribution is 5.89.